The number of likely N-dealkylation sites (N-methyl/N-ethyl adjacent to an activating group) is 1. The van der Waals surface area contributed by atoms with Gasteiger partial charge in [0.1, 0.15) is 0 Å². The molecule has 1 fully saturated rings. The van der Waals surface area contributed by atoms with Crippen molar-refractivity contribution in [3.63, 3.8) is 0 Å². The molecule has 0 aromatic heterocycles. The molecule has 0 radical (unpaired) electrons. The Morgan fingerprint density at radius 1 is 1.50 bits per heavy atom. The van der Waals surface area contributed by atoms with Gasteiger partial charge in [0.05, 0.1) is 6.10 Å². The second-order valence-corrected chi connectivity index (χ2v) is 5.42. The van der Waals surface area contributed by atoms with Crippen molar-refractivity contribution in [1.82, 2.24) is 5.32 Å². The maximum atomic E-state index is 6.31. The van der Waals surface area contributed by atoms with Crippen molar-refractivity contribution in [2.24, 2.45) is 0 Å². The van der Waals surface area contributed by atoms with E-state index in [0.29, 0.717) is 12.1 Å². The van der Waals surface area contributed by atoms with E-state index in [9.17, 15) is 0 Å². The molecule has 0 spiro atoms. The average Bonchev–Trinajstić information content (AvgIpc) is 2.85. The zero-order valence-electron chi connectivity index (χ0n) is 11.2. The fraction of sp³-hybridized carbons (Fsp3) is 0.600. The molecule has 1 aliphatic heterocycles. The van der Waals surface area contributed by atoms with Gasteiger partial charge in [-0.3, -0.25) is 0 Å². The highest BCUT2D eigenvalue weighted by Gasteiger charge is 2.25. The lowest BCUT2D eigenvalue weighted by Gasteiger charge is -2.24. The lowest BCUT2D eigenvalue weighted by atomic mass is 9.98. The second kappa shape index (κ2) is 6.55. The molecule has 18 heavy (non-hydrogen) atoms. The first-order chi connectivity index (χ1) is 8.70. The Labute approximate surface area is 115 Å². The van der Waals surface area contributed by atoms with E-state index in [1.54, 1.807) is 0 Å². The lowest BCUT2D eigenvalue weighted by Crippen LogP contribution is -2.41. The maximum Gasteiger partial charge on any atom is 0.0732 e. The summed E-state index contributed by atoms with van der Waals surface area (Å²) in [7, 11) is 0. The number of hydrogen-bond donors (Lipinski definition) is 1. The van der Waals surface area contributed by atoms with Crippen LogP contribution in [0.1, 0.15) is 30.9 Å². The summed E-state index contributed by atoms with van der Waals surface area (Å²) in [4.78, 5) is 0. The van der Waals surface area contributed by atoms with Crippen molar-refractivity contribution in [3.05, 3.63) is 34.3 Å². The second-order valence-electron chi connectivity index (χ2n) is 5.01. The van der Waals surface area contributed by atoms with Gasteiger partial charge in [0.25, 0.3) is 0 Å². The van der Waals surface area contributed by atoms with E-state index in [4.69, 9.17) is 16.3 Å². The summed E-state index contributed by atoms with van der Waals surface area (Å²) >= 11 is 6.31. The minimum atomic E-state index is 0.335. The van der Waals surface area contributed by atoms with Crippen LogP contribution >= 0.6 is 11.6 Å². The summed E-state index contributed by atoms with van der Waals surface area (Å²) in [6, 6.07) is 6.67. The summed E-state index contributed by atoms with van der Waals surface area (Å²) in [5.41, 5.74) is 2.42. The molecule has 2 nitrogen and oxygen atoms in total. The molecule has 1 saturated heterocycles. The van der Waals surface area contributed by atoms with Gasteiger partial charge in [-0.1, -0.05) is 30.7 Å². The standard InChI is InChI=1S/C15H22ClNO/c1-3-17-14(15-5-4-8-18-15)10-12-7-6-11(2)9-13(12)16/h6-7,9,14-15,17H,3-5,8,10H2,1-2H3. The van der Waals surface area contributed by atoms with E-state index in [2.05, 4.69) is 31.3 Å². The van der Waals surface area contributed by atoms with Crippen LogP contribution in [-0.2, 0) is 11.2 Å². The molecule has 0 amide bonds. The van der Waals surface area contributed by atoms with Crippen LogP contribution < -0.4 is 5.32 Å². The summed E-state index contributed by atoms with van der Waals surface area (Å²) < 4.78 is 5.80. The van der Waals surface area contributed by atoms with E-state index in [-0.39, 0.29) is 0 Å². The highest BCUT2D eigenvalue weighted by atomic mass is 35.5. The molecule has 2 unspecified atom stereocenters. The third-order valence-electron chi connectivity index (χ3n) is 3.53. The van der Waals surface area contributed by atoms with Crippen LogP contribution in [0.4, 0.5) is 0 Å². The van der Waals surface area contributed by atoms with Crippen molar-refractivity contribution in [3.8, 4) is 0 Å². The van der Waals surface area contributed by atoms with Crippen molar-refractivity contribution in [2.75, 3.05) is 13.2 Å². The Morgan fingerprint density at radius 3 is 2.94 bits per heavy atom. The lowest BCUT2D eigenvalue weighted by molar-refractivity contribution is 0.0789. The quantitative estimate of drug-likeness (QED) is 0.883. The summed E-state index contributed by atoms with van der Waals surface area (Å²) in [6.45, 7) is 6.07. The van der Waals surface area contributed by atoms with Crippen LogP contribution in [0.5, 0.6) is 0 Å². The molecule has 2 atom stereocenters. The van der Waals surface area contributed by atoms with Crippen LogP contribution in [0.15, 0.2) is 18.2 Å². The molecular weight excluding hydrogens is 246 g/mol. The molecule has 1 heterocycles. The smallest absolute Gasteiger partial charge is 0.0732 e. The fourth-order valence-corrected chi connectivity index (χ4v) is 2.88. The van der Waals surface area contributed by atoms with Gasteiger partial charge in [-0.05, 0) is 49.9 Å². The van der Waals surface area contributed by atoms with Crippen molar-refractivity contribution >= 4 is 11.6 Å². The van der Waals surface area contributed by atoms with Gasteiger partial charge in [-0.25, -0.2) is 0 Å². The Hall–Kier alpha value is -0.570. The van der Waals surface area contributed by atoms with Gasteiger partial charge in [-0.2, -0.15) is 0 Å². The highest BCUT2D eigenvalue weighted by Crippen LogP contribution is 2.23. The van der Waals surface area contributed by atoms with E-state index in [0.717, 1.165) is 31.0 Å². The van der Waals surface area contributed by atoms with Gasteiger partial charge in [0.2, 0.25) is 0 Å². The van der Waals surface area contributed by atoms with Gasteiger partial charge >= 0.3 is 0 Å². The van der Waals surface area contributed by atoms with Crippen molar-refractivity contribution in [1.29, 1.82) is 0 Å². The first-order valence-corrected chi connectivity index (χ1v) is 7.18. The molecule has 1 N–H and O–H groups in total. The van der Waals surface area contributed by atoms with E-state index < -0.39 is 0 Å². The molecule has 1 aromatic carbocycles. The molecule has 0 saturated carbocycles. The number of hydrogen-bond acceptors (Lipinski definition) is 2. The third-order valence-corrected chi connectivity index (χ3v) is 3.88. The first-order valence-electron chi connectivity index (χ1n) is 6.80. The molecule has 1 aliphatic rings. The molecule has 100 valence electrons. The third kappa shape index (κ3) is 3.47. The minimum Gasteiger partial charge on any atom is -0.377 e. The first kappa shape index (κ1) is 13.9. The monoisotopic (exact) mass is 267 g/mol. The summed E-state index contributed by atoms with van der Waals surface area (Å²) in [6.07, 6.45) is 3.61. The fourth-order valence-electron chi connectivity index (χ4n) is 2.57. The number of halogens is 1. The normalized spacial score (nSPS) is 21.2. The van der Waals surface area contributed by atoms with Crippen LogP contribution in [-0.4, -0.2) is 25.3 Å². The SMILES string of the molecule is CCNC(Cc1ccc(C)cc1Cl)C1CCCO1. The molecule has 0 aliphatic carbocycles. The minimum absolute atomic E-state index is 0.335. The Balaban J connectivity index is 2.07. The van der Waals surface area contributed by atoms with E-state index in [1.807, 2.05) is 6.07 Å². The van der Waals surface area contributed by atoms with Crippen LogP contribution in [0.25, 0.3) is 0 Å². The van der Waals surface area contributed by atoms with Crippen LogP contribution in [0.2, 0.25) is 5.02 Å². The zero-order valence-corrected chi connectivity index (χ0v) is 12.0. The molecule has 3 heteroatoms. The predicted octanol–water partition coefficient (Wildman–Crippen LogP) is 3.35. The molecule has 1 aromatic rings. The summed E-state index contributed by atoms with van der Waals surface area (Å²) in [5.74, 6) is 0. The Bertz CT molecular complexity index is 388. The van der Waals surface area contributed by atoms with Gasteiger partial charge in [-0.15, -0.1) is 0 Å². The van der Waals surface area contributed by atoms with Crippen LogP contribution in [0, 0.1) is 6.92 Å². The maximum absolute atomic E-state index is 6.31. The van der Waals surface area contributed by atoms with E-state index >= 15 is 0 Å². The van der Waals surface area contributed by atoms with Crippen molar-refractivity contribution in [2.45, 2.75) is 45.3 Å². The van der Waals surface area contributed by atoms with Gasteiger partial charge in [0, 0.05) is 17.7 Å². The van der Waals surface area contributed by atoms with Crippen molar-refractivity contribution < 1.29 is 4.74 Å². The number of nitrogens with one attached hydrogen (secondary N) is 1. The van der Waals surface area contributed by atoms with Crippen LogP contribution in [0.3, 0.4) is 0 Å². The highest BCUT2D eigenvalue weighted by molar-refractivity contribution is 6.31. The Kier molecular flexibility index (Phi) is 5.04. The number of ether oxygens (including phenoxy) is 1. The number of benzene rings is 1. The zero-order chi connectivity index (χ0) is 13.0. The number of aryl methyl sites for hydroxylation is 1. The summed E-state index contributed by atoms with van der Waals surface area (Å²) in [5, 5.41) is 4.40. The van der Waals surface area contributed by atoms with Gasteiger partial charge < -0.3 is 10.1 Å². The molecular formula is C15H22ClNO. The number of rotatable bonds is 5. The molecule has 0 bridgehead atoms. The molecule has 2 rings (SSSR count). The van der Waals surface area contributed by atoms with Gasteiger partial charge in [0.15, 0.2) is 0 Å². The predicted molar refractivity (Wildman–Crippen MR) is 76.3 cm³/mol. The Morgan fingerprint density at radius 2 is 2.33 bits per heavy atom. The van der Waals surface area contributed by atoms with E-state index in [1.165, 1.54) is 17.5 Å². The largest absolute Gasteiger partial charge is 0.377 e. The topological polar surface area (TPSA) is 21.3 Å². The average molecular weight is 268 g/mol.